The molecule has 0 unspecified atom stereocenters. The molecule has 2 amide bonds. The van der Waals surface area contributed by atoms with Crippen LogP contribution in [0.15, 0.2) is 11.0 Å². The number of hydrogen-bond donors (Lipinski definition) is 1. The van der Waals surface area contributed by atoms with Gasteiger partial charge in [0.25, 0.3) is 0 Å². The van der Waals surface area contributed by atoms with Gasteiger partial charge in [0, 0.05) is 45.6 Å². The third-order valence-corrected chi connectivity index (χ3v) is 7.80. The van der Waals surface area contributed by atoms with E-state index in [1.165, 1.54) is 4.31 Å². The minimum absolute atomic E-state index is 0.104. The van der Waals surface area contributed by atoms with Crippen LogP contribution in [0.2, 0.25) is 0 Å². The van der Waals surface area contributed by atoms with Crippen molar-refractivity contribution in [2.45, 2.75) is 58.8 Å². The highest BCUT2D eigenvalue weighted by molar-refractivity contribution is 7.89. The first-order chi connectivity index (χ1) is 13.6. The fourth-order valence-corrected chi connectivity index (χ4v) is 5.60. The van der Waals surface area contributed by atoms with Gasteiger partial charge in [0.1, 0.15) is 0 Å². The molecule has 2 rings (SSSR count). The first kappa shape index (κ1) is 23.3. The molecule has 0 atom stereocenters. The SMILES string of the molecule is CCCNC(=O)CCC(=O)N1CCN(S(=O)(=O)c2c(C)c(C)cc(C)c2C)CC1. The summed E-state index contributed by atoms with van der Waals surface area (Å²) >= 11 is 0. The lowest BCUT2D eigenvalue weighted by molar-refractivity contribution is -0.134. The van der Waals surface area contributed by atoms with Crippen LogP contribution in [-0.2, 0) is 19.6 Å². The van der Waals surface area contributed by atoms with E-state index in [-0.39, 0.29) is 37.7 Å². The number of rotatable bonds is 7. The fraction of sp³-hybridized carbons (Fsp3) is 0.619. The Morgan fingerprint density at radius 1 is 0.966 bits per heavy atom. The van der Waals surface area contributed by atoms with Crippen LogP contribution in [-0.4, -0.2) is 62.2 Å². The predicted octanol–water partition coefficient (Wildman–Crippen LogP) is 2.06. The van der Waals surface area contributed by atoms with Crippen LogP contribution in [0.4, 0.5) is 0 Å². The van der Waals surface area contributed by atoms with Gasteiger partial charge in [0.15, 0.2) is 0 Å². The van der Waals surface area contributed by atoms with E-state index in [0.29, 0.717) is 24.5 Å². The molecule has 1 N–H and O–H groups in total. The zero-order chi connectivity index (χ0) is 21.8. The van der Waals surface area contributed by atoms with E-state index in [2.05, 4.69) is 5.32 Å². The number of piperazine rings is 1. The zero-order valence-corrected chi connectivity index (χ0v) is 19.0. The maximum atomic E-state index is 13.3. The lowest BCUT2D eigenvalue weighted by atomic mass is 10.0. The molecule has 0 bridgehead atoms. The molecule has 1 aromatic rings. The minimum atomic E-state index is -3.62. The van der Waals surface area contributed by atoms with Crippen LogP contribution >= 0.6 is 0 Å². The summed E-state index contributed by atoms with van der Waals surface area (Å²) in [6.45, 7) is 11.3. The Kier molecular flexibility index (Phi) is 7.82. The highest BCUT2D eigenvalue weighted by atomic mass is 32.2. The number of carbonyl (C=O) groups is 2. The molecule has 7 nitrogen and oxygen atoms in total. The topological polar surface area (TPSA) is 86.8 Å². The molecular weight excluding hydrogens is 390 g/mol. The third-order valence-electron chi connectivity index (χ3n) is 5.62. The number of hydrogen-bond acceptors (Lipinski definition) is 4. The molecule has 1 aliphatic rings. The summed E-state index contributed by atoms with van der Waals surface area (Å²) in [6.07, 6.45) is 1.17. The molecule has 8 heteroatoms. The summed E-state index contributed by atoms with van der Waals surface area (Å²) in [4.78, 5) is 26.1. The lowest BCUT2D eigenvalue weighted by Gasteiger charge is -2.35. The number of aryl methyl sites for hydroxylation is 2. The van der Waals surface area contributed by atoms with Crippen molar-refractivity contribution in [3.63, 3.8) is 0 Å². The van der Waals surface area contributed by atoms with E-state index in [1.54, 1.807) is 4.90 Å². The van der Waals surface area contributed by atoms with E-state index >= 15 is 0 Å². The molecule has 29 heavy (non-hydrogen) atoms. The Bertz CT molecular complexity index is 846. The van der Waals surface area contributed by atoms with Gasteiger partial charge in [-0.2, -0.15) is 4.31 Å². The van der Waals surface area contributed by atoms with Crippen LogP contribution in [0.25, 0.3) is 0 Å². The molecule has 0 aliphatic carbocycles. The van der Waals surface area contributed by atoms with Gasteiger partial charge >= 0.3 is 0 Å². The van der Waals surface area contributed by atoms with Crippen LogP contribution in [0, 0.1) is 27.7 Å². The second kappa shape index (κ2) is 9.71. The highest BCUT2D eigenvalue weighted by Gasteiger charge is 2.32. The summed E-state index contributed by atoms with van der Waals surface area (Å²) < 4.78 is 28.1. The maximum absolute atomic E-state index is 13.3. The summed E-state index contributed by atoms with van der Waals surface area (Å²) in [5.74, 6) is -0.227. The number of carbonyl (C=O) groups excluding carboxylic acids is 2. The van der Waals surface area contributed by atoms with Crippen molar-refractivity contribution in [1.82, 2.24) is 14.5 Å². The van der Waals surface area contributed by atoms with E-state index in [0.717, 1.165) is 28.7 Å². The van der Waals surface area contributed by atoms with Crippen molar-refractivity contribution >= 4 is 21.8 Å². The second-order valence-corrected chi connectivity index (χ2v) is 9.60. The van der Waals surface area contributed by atoms with E-state index < -0.39 is 10.0 Å². The van der Waals surface area contributed by atoms with Gasteiger partial charge < -0.3 is 10.2 Å². The minimum Gasteiger partial charge on any atom is -0.356 e. The van der Waals surface area contributed by atoms with Crippen molar-refractivity contribution < 1.29 is 18.0 Å². The van der Waals surface area contributed by atoms with E-state index in [4.69, 9.17) is 0 Å². The van der Waals surface area contributed by atoms with Crippen molar-refractivity contribution in [2.24, 2.45) is 0 Å². The number of amides is 2. The molecule has 1 heterocycles. The predicted molar refractivity (Wildman–Crippen MR) is 113 cm³/mol. The van der Waals surface area contributed by atoms with Gasteiger partial charge in [0.05, 0.1) is 4.90 Å². The fourth-order valence-electron chi connectivity index (χ4n) is 3.61. The van der Waals surface area contributed by atoms with Gasteiger partial charge in [-0.25, -0.2) is 8.42 Å². The zero-order valence-electron chi connectivity index (χ0n) is 18.2. The summed E-state index contributed by atoms with van der Waals surface area (Å²) in [5.41, 5.74) is 3.48. The average molecular weight is 424 g/mol. The van der Waals surface area contributed by atoms with Crippen LogP contribution in [0.1, 0.15) is 48.4 Å². The summed E-state index contributed by atoms with van der Waals surface area (Å²) in [5, 5.41) is 2.76. The highest BCUT2D eigenvalue weighted by Crippen LogP contribution is 2.29. The Balaban J connectivity index is 2.02. The number of benzene rings is 1. The molecule has 0 saturated carbocycles. The van der Waals surface area contributed by atoms with Crippen molar-refractivity contribution in [2.75, 3.05) is 32.7 Å². The van der Waals surface area contributed by atoms with Gasteiger partial charge in [-0.15, -0.1) is 0 Å². The first-order valence-corrected chi connectivity index (χ1v) is 11.7. The Morgan fingerprint density at radius 3 is 2.03 bits per heavy atom. The normalized spacial score (nSPS) is 15.4. The molecule has 0 spiro atoms. The van der Waals surface area contributed by atoms with Crippen molar-refractivity contribution in [3.05, 3.63) is 28.3 Å². The Morgan fingerprint density at radius 2 is 1.52 bits per heavy atom. The average Bonchev–Trinajstić information content (AvgIpc) is 2.69. The van der Waals surface area contributed by atoms with Crippen molar-refractivity contribution in [3.8, 4) is 0 Å². The number of nitrogens with one attached hydrogen (secondary N) is 1. The molecule has 1 fully saturated rings. The van der Waals surface area contributed by atoms with Crippen molar-refractivity contribution in [1.29, 1.82) is 0 Å². The third kappa shape index (κ3) is 5.36. The van der Waals surface area contributed by atoms with Gasteiger partial charge in [-0.05, 0) is 56.4 Å². The number of nitrogens with zero attached hydrogens (tertiary/aromatic N) is 2. The monoisotopic (exact) mass is 423 g/mol. The smallest absolute Gasteiger partial charge is 0.243 e. The molecule has 0 aromatic heterocycles. The van der Waals surface area contributed by atoms with E-state index in [1.807, 2.05) is 40.7 Å². The van der Waals surface area contributed by atoms with E-state index in [9.17, 15) is 18.0 Å². The van der Waals surface area contributed by atoms with Crippen LogP contribution in [0.3, 0.4) is 0 Å². The molecule has 1 saturated heterocycles. The summed E-state index contributed by atoms with van der Waals surface area (Å²) in [6, 6.07) is 2.01. The Labute approximate surface area is 174 Å². The molecule has 162 valence electrons. The molecule has 0 radical (unpaired) electrons. The number of sulfonamides is 1. The summed E-state index contributed by atoms with van der Waals surface area (Å²) in [7, 11) is -3.62. The van der Waals surface area contributed by atoms with Gasteiger partial charge in [0.2, 0.25) is 21.8 Å². The molecular formula is C21H33N3O4S. The molecule has 1 aliphatic heterocycles. The largest absolute Gasteiger partial charge is 0.356 e. The van der Waals surface area contributed by atoms with Crippen LogP contribution in [0.5, 0.6) is 0 Å². The first-order valence-electron chi connectivity index (χ1n) is 10.2. The standard InChI is InChI=1S/C21H33N3O4S/c1-6-9-22-19(25)7-8-20(26)23-10-12-24(13-11-23)29(27,28)21-17(4)15(2)14-16(3)18(21)5/h14H,6-13H2,1-5H3,(H,22,25). The van der Waals surface area contributed by atoms with Crippen LogP contribution < -0.4 is 5.32 Å². The Hall–Kier alpha value is -1.93. The molecule has 1 aromatic carbocycles. The second-order valence-electron chi connectivity index (χ2n) is 7.72. The van der Waals surface area contributed by atoms with Gasteiger partial charge in [-0.3, -0.25) is 9.59 Å². The lowest BCUT2D eigenvalue weighted by Crippen LogP contribution is -2.50. The van der Waals surface area contributed by atoms with Gasteiger partial charge in [-0.1, -0.05) is 13.0 Å². The quantitative estimate of drug-likeness (QED) is 0.727. The maximum Gasteiger partial charge on any atom is 0.243 e.